The fourth-order valence-electron chi connectivity index (χ4n) is 3.57. The molecule has 0 bridgehead atoms. The van der Waals surface area contributed by atoms with E-state index in [-0.39, 0.29) is 11.9 Å². The van der Waals surface area contributed by atoms with Gasteiger partial charge in [-0.15, -0.1) is 5.10 Å². The van der Waals surface area contributed by atoms with Gasteiger partial charge in [0.2, 0.25) is 11.1 Å². The van der Waals surface area contributed by atoms with E-state index >= 15 is 0 Å². The largest absolute Gasteiger partial charge is 0.353 e. The van der Waals surface area contributed by atoms with Crippen LogP contribution in [0.2, 0.25) is 0 Å². The van der Waals surface area contributed by atoms with Gasteiger partial charge in [-0.25, -0.2) is 4.68 Å². The lowest BCUT2D eigenvalue weighted by molar-refractivity contribution is -0.130. The number of thioether (sulfide) groups is 1. The zero-order valence-corrected chi connectivity index (χ0v) is 15.4. The predicted molar refractivity (Wildman–Crippen MR) is 95.1 cm³/mol. The van der Waals surface area contributed by atoms with Gasteiger partial charge in [0.25, 0.3) is 0 Å². The number of tetrazole rings is 1. The van der Waals surface area contributed by atoms with Crippen molar-refractivity contribution in [2.24, 2.45) is 7.05 Å². The summed E-state index contributed by atoms with van der Waals surface area (Å²) in [6.45, 7) is 0.836. The number of carbonyl (C=O) groups excluding carboxylic acids is 1. The van der Waals surface area contributed by atoms with Crippen LogP contribution in [0.15, 0.2) is 23.5 Å². The van der Waals surface area contributed by atoms with Crippen LogP contribution in [0, 0.1) is 0 Å². The Bertz CT molecular complexity index is 737. The quantitative estimate of drug-likeness (QED) is 0.767. The smallest absolute Gasteiger partial charge is 0.233 e. The molecule has 2 aliphatic rings. The van der Waals surface area contributed by atoms with Crippen LogP contribution >= 0.6 is 11.8 Å². The maximum Gasteiger partial charge on any atom is 0.233 e. The van der Waals surface area contributed by atoms with Crippen molar-refractivity contribution >= 4 is 17.7 Å². The second-order valence-electron chi connectivity index (χ2n) is 6.92. The summed E-state index contributed by atoms with van der Waals surface area (Å²) in [7, 11) is 2.06. The average Bonchev–Trinajstić information content (AvgIpc) is 3.28. The maximum atomic E-state index is 13.0. The molecule has 1 aliphatic heterocycles. The molecular formula is C17H24N6OS. The number of aryl methyl sites for hydroxylation is 1. The van der Waals surface area contributed by atoms with Gasteiger partial charge in [0, 0.05) is 25.5 Å². The second-order valence-corrected chi connectivity index (χ2v) is 7.86. The lowest BCUT2D eigenvalue weighted by Crippen LogP contribution is -2.36. The van der Waals surface area contributed by atoms with Crippen molar-refractivity contribution in [2.45, 2.75) is 55.8 Å². The van der Waals surface area contributed by atoms with E-state index in [0.29, 0.717) is 11.8 Å². The third-order valence-corrected chi connectivity index (χ3v) is 6.00. The van der Waals surface area contributed by atoms with E-state index in [2.05, 4.69) is 50.4 Å². The van der Waals surface area contributed by atoms with E-state index in [1.807, 2.05) is 4.68 Å². The maximum absolute atomic E-state index is 13.0. The van der Waals surface area contributed by atoms with Gasteiger partial charge in [0.05, 0.1) is 17.8 Å². The highest BCUT2D eigenvalue weighted by Crippen LogP contribution is 2.37. The molecule has 2 aromatic heterocycles. The third kappa shape index (κ3) is 3.58. The Labute approximate surface area is 151 Å². The molecule has 2 fully saturated rings. The normalized spacial score (nSPS) is 21.3. The molecule has 25 heavy (non-hydrogen) atoms. The van der Waals surface area contributed by atoms with E-state index in [1.165, 1.54) is 30.3 Å². The van der Waals surface area contributed by atoms with Gasteiger partial charge in [-0.3, -0.25) is 4.79 Å². The van der Waals surface area contributed by atoms with Crippen molar-refractivity contribution in [1.29, 1.82) is 0 Å². The molecule has 134 valence electrons. The predicted octanol–water partition coefficient (Wildman–Crippen LogP) is 2.58. The highest BCUT2D eigenvalue weighted by Gasteiger charge is 2.30. The molecular weight excluding hydrogens is 336 g/mol. The molecule has 1 saturated heterocycles. The number of aromatic nitrogens is 5. The molecule has 1 amide bonds. The summed E-state index contributed by atoms with van der Waals surface area (Å²) in [5.74, 6) is 0.581. The minimum Gasteiger partial charge on any atom is -0.353 e. The number of carbonyl (C=O) groups is 1. The first kappa shape index (κ1) is 16.6. The first-order chi connectivity index (χ1) is 12.2. The van der Waals surface area contributed by atoms with E-state index < -0.39 is 0 Å². The third-order valence-electron chi connectivity index (χ3n) is 5.08. The average molecular weight is 360 g/mol. The fraction of sp³-hybridized carbons (Fsp3) is 0.647. The number of hydrogen-bond donors (Lipinski definition) is 0. The summed E-state index contributed by atoms with van der Waals surface area (Å²) in [5.41, 5.74) is 1.23. The standard InChI is InChI=1S/C17H24N6OS/c1-21-10-5-7-14(21)15-6-3-2-4-11-22(15)16(24)12-25-17-18-19-20-23(17)13-8-9-13/h5,7,10,13,15H,2-4,6,8-9,11-12H2,1H3/t15-/m1/s1. The van der Waals surface area contributed by atoms with Crippen molar-refractivity contribution in [3.05, 3.63) is 24.0 Å². The summed E-state index contributed by atoms with van der Waals surface area (Å²) in [5, 5.41) is 12.7. The minimum atomic E-state index is 0.176. The molecule has 1 atom stereocenters. The topological polar surface area (TPSA) is 68.8 Å². The molecule has 0 spiro atoms. The molecule has 0 unspecified atom stereocenters. The highest BCUT2D eigenvalue weighted by molar-refractivity contribution is 7.99. The van der Waals surface area contributed by atoms with Gasteiger partial charge in [0.15, 0.2) is 0 Å². The van der Waals surface area contributed by atoms with Gasteiger partial charge >= 0.3 is 0 Å². The van der Waals surface area contributed by atoms with Crippen LogP contribution in [0.25, 0.3) is 0 Å². The molecule has 4 rings (SSSR count). The number of likely N-dealkylation sites (tertiary alicyclic amines) is 1. The SMILES string of the molecule is Cn1cccc1[C@H]1CCCCCN1C(=O)CSc1nnnn1C1CC1. The van der Waals surface area contributed by atoms with Crippen LogP contribution in [0.1, 0.15) is 56.3 Å². The zero-order valence-electron chi connectivity index (χ0n) is 14.5. The van der Waals surface area contributed by atoms with E-state index in [9.17, 15) is 4.79 Å². The lowest BCUT2D eigenvalue weighted by Gasteiger charge is -2.30. The van der Waals surface area contributed by atoms with Crippen molar-refractivity contribution < 1.29 is 4.79 Å². The molecule has 7 nitrogen and oxygen atoms in total. The van der Waals surface area contributed by atoms with Crippen molar-refractivity contribution in [3.63, 3.8) is 0 Å². The minimum absolute atomic E-state index is 0.176. The van der Waals surface area contributed by atoms with Crippen LogP contribution in [0.3, 0.4) is 0 Å². The molecule has 0 aromatic carbocycles. The molecule has 8 heteroatoms. The van der Waals surface area contributed by atoms with Crippen LogP contribution in [0.5, 0.6) is 0 Å². The Morgan fingerprint density at radius 2 is 2.16 bits per heavy atom. The monoisotopic (exact) mass is 360 g/mol. The molecule has 3 heterocycles. The summed E-state index contributed by atoms with van der Waals surface area (Å²) in [6.07, 6.45) is 8.81. The molecule has 1 saturated carbocycles. The Morgan fingerprint density at radius 3 is 2.92 bits per heavy atom. The van der Waals surface area contributed by atoms with E-state index in [4.69, 9.17) is 0 Å². The second kappa shape index (κ2) is 7.19. The van der Waals surface area contributed by atoms with Crippen LogP contribution in [-0.4, -0.2) is 47.9 Å². The highest BCUT2D eigenvalue weighted by atomic mass is 32.2. The first-order valence-electron chi connectivity index (χ1n) is 9.05. The summed E-state index contributed by atoms with van der Waals surface area (Å²) in [4.78, 5) is 15.0. The first-order valence-corrected chi connectivity index (χ1v) is 10.0. The summed E-state index contributed by atoms with van der Waals surface area (Å²) in [6, 6.07) is 4.80. The van der Waals surface area contributed by atoms with E-state index in [0.717, 1.165) is 37.4 Å². The van der Waals surface area contributed by atoms with Gasteiger partial charge < -0.3 is 9.47 Å². The number of nitrogens with zero attached hydrogens (tertiary/aromatic N) is 6. The molecule has 0 N–H and O–H groups in total. The zero-order chi connectivity index (χ0) is 17.2. The summed E-state index contributed by atoms with van der Waals surface area (Å²) >= 11 is 1.46. The molecule has 2 aromatic rings. The summed E-state index contributed by atoms with van der Waals surface area (Å²) < 4.78 is 4.01. The van der Waals surface area contributed by atoms with Gasteiger partial charge in [-0.05, 0) is 48.2 Å². The Hall–Kier alpha value is -1.83. The van der Waals surface area contributed by atoms with Crippen molar-refractivity contribution in [2.75, 3.05) is 12.3 Å². The Morgan fingerprint density at radius 1 is 1.28 bits per heavy atom. The van der Waals surface area contributed by atoms with Crippen LogP contribution in [-0.2, 0) is 11.8 Å². The molecule has 0 radical (unpaired) electrons. The lowest BCUT2D eigenvalue weighted by atomic mass is 10.1. The van der Waals surface area contributed by atoms with Gasteiger partial charge in [-0.2, -0.15) is 0 Å². The van der Waals surface area contributed by atoms with Crippen molar-refractivity contribution in [1.82, 2.24) is 29.7 Å². The Balaban J connectivity index is 1.46. The van der Waals surface area contributed by atoms with Crippen molar-refractivity contribution in [3.8, 4) is 0 Å². The van der Waals surface area contributed by atoms with Gasteiger partial charge in [-0.1, -0.05) is 24.6 Å². The van der Waals surface area contributed by atoms with Crippen LogP contribution in [0.4, 0.5) is 0 Å². The van der Waals surface area contributed by atoms with E-state index in [1.54, 1.807) is 0 Å². The molecule has 1 aliphatic carbocycles. The van der Waals surface area contributed by atoms with Crippen LogP contribution < -0.4 is 0 Å². The number of hydrogen-bond acceptors (Lipinski definition) is 5. The van der Waals surface area contributed by atoms with Gasteiger partial charge in [0.1, 0.15) is 0 Å². The Kier molecular flexibility index (Phi) is 4.78. The number of amides is 1. The fourth-order valence-corrected chi connectivity index (χ4v) is 4.40. The number of rotatable bonds is 5.